The smallest absolute Gasteiger partial charge is 0.418 e. The fraction of sp³-hybridized carbons (Fsp3) is 0.408. The van der Waals surface area contributed by atoms with E-state index in [9.17, 15) is 23.9 Å². The molecule has 2 saturated heterocycles. The van der Waals surface area contributed by atoms with Gasteiger partial charge in [0.15, 0.2) is 0 Å². The van der Waals surface area contributed by atoms with Gasteiger partial charge in [0.25, 0.3) is 6.33 Å². The van der Waals surface area contributed by atoms with Gasteiger partial charge in [0.1, 0.15) is 48.3 Å². The summed E-state index contributed by atoms with van der Waals surface area (Å²) in [5.41, 5.74) is 7.31. The van der Waals surface area contributed by atoms with E-state index in [4.69, 9.17) is 24.7 Å². The Hall–Kier alpha value is -7.23. The van der Waals surface area contributed by atoms with Gasteiger partial charge in [-0.1, -0.05) is 19.1 Å². The highest BCUT2D eigenvalue weighted by Crippen LogP contribution is 2.42. The van der Waals surface area contributed by atoms with Crippen molar-refractivity contribution in [3.63, 3.8) is 0 Å². The van der Waals surface area contributed by atoms with Crippen LogP contribution < -0.4 is 35.4 Å². The Labute approximate surface area is 403 Å². The highest BCUT2D eigenvalue weighted by molar-refractivity contribution is 5.86. The largest absolute Gasteiger partial charge is 0.493 e. The van der Waals surface area contributed by atoms with Crippen LogP contribution in [0.1, 0.15) is 57.0 Å². The molecule has 5 heterocycles. The first kappa shape index (κ1) is 49.2. The van der Waals surface area contributed by atoms with E-state index in [1.165, 1.54) is 52.2 Å². The van der Waals surface area contributed by atoms with E-state index >= 15 is 4.39 Å². The number of esters is 1. The number of rotatable bonds is 18. The third kappa shape index (κ3) is 11.0. The van der Waals surface area contributed by atoms with Crippen LogP contribution in [0.4, 0.5) is 30.8 Å². The maximum atomic E-state index is 15.6. The summed E-state index contributed by atoms with van der Waals surface area (Å²) in [5.74, 6) is -1.31. The Morgan fingerprint density at radius 3 is 2.33 bits per heavy atom. The van der Waals surface area contributed by atoms with Crippen LogP contribution in [0.2, 0.25) is 0 Å². The summed E-state index contributed by atoms with van der Waals surface area (Å²) in [6.45, 7) is 8.59. The molecule has 3 aromatic carbocycles. The molecule has 0 aliphatic carbocycles. The zero-order chi connectivity index (χ0) is 49.5. The number of benzene rings is 3. The molecule has 19 nitrogen and oxygen atoms in total. The number of aliphatic hydroxyl groups is 1. The van der Waals surface area contributed by atoms with Gasteiger partial charge in [0.05, 0.1) is 37.6 Å². The van der Waals surface area contributed by atoms with E-state index < -0.39 is 47.7 Å². The number of piperazine rings is 1. The molecule has 21 heteroatoms. The minimum Gasteiger partial charge on any atom is -0.493 e. The molecule has 2 fully saturated rings. The summed E-state index contributed by atoms with van der Waals surface area (Å²) in [6, 6.07) is 22.1. The molecule has 3 N–H and O–H groups in total. The van der Waals surface area contributed by atoms with Gasteiger partial charge in [-0.3, -0.25) is 9.69 Å². The standard InChI is InChI=1S/C49H58F2N11O8/c1-5-44(33(2)63)62-47(65)61(31-55-62)40-11-9-38(10-12-40)57-19-21-58(22-20-57)39-13-15-41(16-14-39)67-26-35-24-49(69-27-35,42-17-8-37(50)23-43(42)51)29-60-32-59(30-54-60)34(3)70-48(66)56(4)46-36(7-6-18-53-46)28-68-45(64)25-52/h6-18,23,30-35,44,63H,5,19-22,24-29,52H2,1-4H3/q+1/t33-,34?,35+,44?,49-/m0/s1. The number of hydrogen-bond donors (Lipinski definition) is 2. The Morgan fingerprint density at radius 1 is 0.986 bits per heavy atom. The van der Waals surface area contributed by atoms with Crippen molar-refractivity contribution in [2.75, 3.05) is 67.7 Å². The molecular formula is C49H58F2N11O8+. The molecule has 6 aromatic rings. The van der Waals surface area contributed by atoms with Crippen LogP contribution in [0, 0.1) is 17.6 Å². The van der Waals surface area contributed by atoms with Gasteiger partial charge in [0.2, 0.25) is 12.6 Å². The molecule has 2 aliphatic heterocycles. The van der Waals surface area contributed by atoms with Gasteiger partial charge in [-0.25, -0.2) is 32.6 Å². The number of ether oxygens (including phenoxy) is 4. The van der Waals surface area contributed by atoms with Crippen LogP contribution in [0.5, 0.6) is 5.75 Å². The first-order chi connectivity index (χ1) is 33.7. The number of carbonyl (C=O) groups excluding carboxylic acids is 2. The summed E-state index contributed by atoms with van der Waals surface area (Å²) in [5, 5.41) is 18.9. The predicted octanol–water partition coefficient (Wildman–Crippen LogP) is 4.65. The second-order valence-corrected chi connectivity index (χ2v) is 17.5. The average Bonchev–Trinajstić information content (AvgIpc) is 4.12. The highest BCUT2D eigenvalue weighted by Gasteiger charge is 2.46. The number of aromatic nitrogens is 7. The third-order valence-corrected chi connectivity index (χ3v) is 12.8. The summed E-state index contributed by atoms with van der Waals surface area (Å²) < 4.78 is 59.3. The second kappa shape index (κ2) is 21.6. The summed E-state index contributed by atoms with van der Waals surface area (Å²) >= 11 is 0. The predicted molar refractivity (Wildman–Crippen MR) is 252 cm³/mol. The van der Waals surface area contributed by atoms with Crippen LogP contribution in [0.25, 0.3) is 5.69 Å². The average molecular weight is 967 g/mol. The van der Waals surface area contributed by atoms with Crippen LogP contribution in [0.3, 0.4) is 0 Å². The zero-order valence-electron chi connectivity index (χ0n) is 39.5. The van der Waals surface area contributed by atoms with Gasteiger partial charge in [0, 0.05) is 85.9 Å². The van der Waals surface area contributed by atoms with Crippen molar-refractivity contribution in [2.45, 2.75) is 70.7 Å². The van der Waals surface area contributed by atoms with Crippen molar-refractivity contribution in [3.8, 4) is 11.4 Å². The molecular weight excluding hydrogens is 909 g/mol. The van der Waals surface area contributed by atoms with Crippen LogP contribution in [-0.4, -0.2) is 105 Å². The van der Waals surface area contributed by atoms with E-state index in [1.807, 2.05) is 55.5 Å². The lowest BCUT2D eigenvalue weighted by Gasteiger charge is -2.37. The summed E-state index contributed by atoms with van der Waals surface area (Å²) in [7, 11) is 1.48. The van der Waals surface area contributed by atoms with Crippen molar-refractivity contribution in [1.82, 2.24) is 29.1 Å². The molecule has 370 valence electrons. The van der Waals surface area contributed by atoms with Crippen molar-refractivity contribution >= 4 is 29.3 Å². The lowest BCUT2D eigenvalue weighted by molar-refractivity contribution is -0.753. The highest BCUT2D eigenvalue weighted by atomic mass is 19.1. The molecule has 70 heavy (non-hydrogen) atoms. The summed E-state index contributed by atoms with van der Waals surface area (Å²) in [6.07, 6.45) is 4.72. The number of hydrogen-bond acceptors (Lipinski definition) is 14. The normalized spacial score (nSPS) is 18.3. The topological polar surface area (TPSA) is 201 Å². The van der Waals surface area contributed by atoms with Crippen molar-refractivity contribution < 1.29 is 47.0 Å². The second-order valence-electron chi connectivity index (χ2n) is 17.5. The zero-order valence-corrected chi connectivity index (χ0v) is 39.5. The monoisotopic (exact) mass is 966 g/mol. The summed E-state index contributed by atoms with van der Waals surface area (Å²) in [4.78, 5) is 48.1. The van der Waals surface area contributed by atoms with E-state index in [0.717, 1.165) is 43.6 Å². The first-order valence-electron chi connectivity index (χ1n) is 23.2. The minimum atomic E-state index is -1.23. The van der Waals surface area contributed by atoms with Crippen LogP contribution in [0.15, 0.2) is 109 Å². The molecule has 1 amide bonds. The molecule has 0 spiro atoms. The molecule has 2 unspecified atom stereocenters. The lowest BCUT2D eigenvalue weighted by atomic mass is 9.87. The van der Waals surface area contributed by atoms with Crippen LogP contribution >= 0.6 is 0 Å². The molecule has 0 bridgehead atoms. The quantitative estimate of drug-likeness (QED) is 0.0891. The van der Waals surface area contributed by atoms with Gasteiger partial charge in [-0.05, 0) is 80.4 Å². The molecule has 5 atom stereocenters. The van der Waals surface area contributed by atoms with E-state index in [1.54, 1.807) is 41.6 Å². The Bertz CT molecular complexity index is 2800. The molecule has 2 aliphatic rings. The number of nitrogens with zero attached hydrogens (tertiary/aromatic N) is 10. The van der Waals surface area contributed by atoms with Gasteiger partial charge >= 0.3 is 17.8 Å². The number of halogens is 2. The van der Waals surface area contributed by atoms with E-state index in [2.05, 4.69) is 25.0 Å². The Morgan fingerprint density at radius 2 is 1.67 bits per heavy atom. The molecule has 8 rings (SSSR count). The van der Waals surface area contributed by atoms with Crippen molar-refractivity contribution in [3.05, 3.63) is 137 Å². The van der Waals surface area contributed by atoms with Gasteiger partial charge < -0.3 is 39.6 Å². The number of amides is 1. The number of anilines is 3. The van der Waals surface area contributed by atoms with Crippen LogP contribution in [-0.2, 0) is 37.8 Å². The number of pyridine rings is 1. The first-order valence-corrected chi connectivity index (χ1v) is 23.2. The van der Waals surface area contributed by atoms with Crippen molar-refractivity contribution in [1.29, 1.82) is 0 Å². The fourth-order valence-corrected chi connectivity index (χ4v) is 8.97. The molecule has 0 radical (unpaired) electrons. The fourth-order valence-electron chi connectivity index (χ4n) is 8.97. The number of carbonyl (C=O) groups is 2. The lowest BCUT2D eigenvalue weighted by Crippen LogP contribution is -2.46. The number of aliphatic hydroxyl groups excluding tert-OH is 1. The third-order valence-electron chi connectivity index (χ3n) is 12.8. The SMILES string of the molecule is CCC([C@H](C)O)n1ncn(-c2ccc(N3CCN(c4ccc(OC[C@@H]5CO[C@@](Cn6c[n+](C(C)OC(=O)N(C)c7ncccc7COC(=O)CN)cn6)(c6ccc(F)cc6F)C5)cc4)CC3)cc2)c1=O. The van der Waals surface area contributed by atoms with E-state index in [-0.39, 0.29) is 55.9 Å². The van der Waals surface area contributed by atoms with Gasteiger partial charge in [-0.2, -0.15) is 9.67 Å². The maximum Gasteiger partial charge on any atom is 0.418 e. The maximum absolute atomic E-state index is 15.6. The Kier molecular flexibility index (Phi) is 15.2. The molecule has 3 aromatic heterocycles. The van der Waals surface area contributed by atoms with Gasteiger partial charge in [-0.15, -0.1) is 4.68 Å². The Balaban J connectivity index is 0.851. The van der Waals surface area contributed by atoms with E-state index in [0.29, 0.717) is 29.8 Å². The van der Waals surface area contributed by atoms with Crippen molar-refractivity contribution in [2.24, 2.45) is 11.7 Å². The minimum absolute atomic E-state index is 0.0600. The molecule has 0 saturated carbocycles. The number of nitrogens with two attached hydrogens (primary N) is 1.